The van der Waals surface area contributed by atoms with Crippen molar-refractivity contribution in [3.8, 4) is 0 Å². The number of nitrogens with zero attached hydrogens (tertiary/aromatic N) is 1. The number of aliphatic hydroxyl groups is 1. The Morgan fingerprint density at radius 1 is 1.43 bits per heavy atom. The molecule has 0 radical (unpaired) electrons. The van der Waals surface area contributed by atoms with E-state index in [-0.39, 0.29) is 0 Å². The van der Waals surface area contributed by atoms with Crippen molar-refractivity contribution >= 4 is 0 Å². The van der Waals surface area contributed by atoms with Crippen molar-refractivity contribution < 1.29 is 9.84 Å². The third-order valence-corrected chi connectivity index (χ3v) is 2.10. The topological polar surface area (TPSA) is 42.4 Å². The zero-order valence-corrected chi connectivity index (χ0v) is 8.95. The van der Waals surface area contributed by atoms with Gasteiger partial charge >= 0.3 is 0 Å². The summed E-state index contributed by atoms with van der Waals surface area (Å²) in [6.07, 6.45) is -0.567. The summed E-state index contributed by atoms with van der Waals surface area (Å²) in [5.74, 6) is 0. The number of hydrogen-bond donors (Lipinski definition) is 1. The van der Waals surface area contributed by atoms with Crippen molar-refractivity contribution in [2.24, 2.45) is 0 Å². The molecule has 0 bridgehead atoms. The molecule has 0 aromatic carbocycles. The highest BCUT2D eigenvalue weighted by atomic mass is 16.5. The molecule has 0 aliphatic carbocycles. The van der Waals surface area contributed by atoms with E-state index in [4.69, 9.17) is 4.74 Å². The molecule has 0 aliphatic heterocycles. The SMILES string of the molecule is CCOCC(O)c1ccc(C)nc1C. The van der Waals surface area contributed by atoms with Gasteiger partial charge in [0.1, 0.15) is 6.10 Å². The Labute approximate surface area is 84.7 Å². The van der Waals surface area contributed by atoms with Crippen LogP contribution >= 0.6 is 0 Å². The van der Waals surface area contributed by atoms with E-state index in [1.807, 2.05) is 32.9 Å². The van der Waals surface area contributed by atoms with Crippen LogP contribution in [0.2, 0.25) is 0 Å². The Balaban J connectivity index is 2.74. The molecule has 14 heavy (non-hydrogen) atoms. The predicted octanol–water partition coefficient (Wildman–Crippen LogP) is 1.77. The van der Waals surface area contributed by atoms with Crippen LogP contribution in [0.5, 0.6) is 0 Å². The molecule has 0 amide bonds. The Bertz CT molecular complexity index is 299. The van der Waals surface area contributed by atoms with Gasteiger partial charge < -0.3 is 9.84 Å². The second-order valence-electron chi connectivity index (χ2n) is 3.30. The minimum Gasteiger partial charge on any atom is -0.386 e. The lowest BCUT2D eigenvalue weighted by molar-refractivity contribution is 0.0415. The van der Waals surface area contributed by atoms with Gasteiger partial charge in [0.2, 0.25) is 0 Å². The van der Waals surface area contributed by atoms with E-state index in [2.05, 4.69) is 4.98 Å². The summed E-state index contributed by atoms with van der Waals surface area (Å²) in [6.45, 7) is 6.70. The maximum atomic E-state index is 9.76. The molecule has 1 atom stereocenters. The van der Waals surface area contributed by atoms with E-state index >= 15 is 0 Å². The van der Waals surface area contributed by atoms with Gasteiger partial charge in [-0.3, -0.25) is 4.98 Å². The molecule has 0 spiro atoms. The van der Waals surface area contributed by atoms with Crippen molar-refractivity contribution in [3.63, 3.8) is 0 Å². The highest BCUT2D eigenvalue weighted by Crippen LogP contribution is 2.16. The lowest BCUT2D eigenvalue weighted by Gasteiger charge is -2.13. The largest absolute Gasteiger partial charge is 0.386 e. The van der Waals surface area contributed by atoms with Crippen molar-refractivity contribution in [2.45, 2.75) is 26.9 Å². The van der Waals surface area contributed by atoms with E-state index in [9.17, 15) is 5.11 Å². The van der Waals surface area contributed by atoms with E-state index in [0.717, 1.165) is 17.0 Å². The number of pyridine rings is 1. The van der Waals surface area contributed by atoms with Crippen molar-refractivity contribution in [3.05, 3.63) is 29.1 Å². The average molecular weight is 195 g/mol. The fraction of sp³-hybridized carbons (Fsp3) is 0.545. The quantitative estimate of drug-likeness (QED) is 0.796. The van der Waals surface area contributed by atoms with E-state index < -0.39 is 6.10 Å². The molecule has 78 valence electrons. The van der Waals surface area contributed by atoms with Gasteiger partial charge in [0.05, 0.1) is 6.61 Å². The molecule has 3 heteroatoms. The Hall–Kier alpha value is -0.930. The normalized spacial score (nSPS) is 12.9. The Kier molecular flexibility index (Phi) is 4.04. The van der Waals surface area contributed by atoms with Gasteiger partial charge in [-0.25, -0.2) is 0 Å². The van der Waals surface area contributed by atoms with Gasteiger partial charge in [0, 0.05) is 23.6 Å². The first-order chi connectivity index (χ1) is 6.65. The number of aliphatic hydroxyl groups excluding tert-OH is 1. The maximum absolute atomic E-state index is 9.76. The highest BCUT2D eigenvalue weighted by molar-refractivity contribution is 5.23. The zero-order chi connectivity index (χ0) is 10.6. The third-order valence-electron chi connectivity index (χ3n) is 2.10. The van der Waals surface area contributed by atoms with Crippen LogP contribution < -0.4 is 0 Å². The first-order valence-electron chi connectivity index (χ1n) is 4.85. The first kappa shape index (κ1) is 11.1. The number of ether oxygens (including phenoxy) is 1. The number of hydrogen-bond acceptors (Lipinski definition) is 3. The standard InChI is InChI=1S/C11H17NO2/c1-4-14-7-11(13)10-6-5-8(2)12-9(10)3/h5-6,11,13H,4,7H2,1-3H3. The Morgan fingerprint density at radius 2 is 2.14 bits per heavy atom. The minimum atomic E-state index is -0.567. The van der Waals surface area contributed by atoms with Crippen LogP contribution in [0.25, 0.3) is 0 Å². The van der Waals surface area contributed by atoms with Gasteiger partial charge in [-0.2, -0.15) is 0 Å². The molecule has 1 N–H and O–H groups in total. The third kappa shape index (κ3) is 2.79. The number of aromatic nitrogens is 1. The molecule has 1 heterocycles. The lowest BCUT2D eigenvalue weighted by Crippen LogP contribution is -2.09. The van der Waals surface area contributed by atoms with Gasteiger partial charge in [-0.1, -0.05) is 6.07 Å². The summed E-state index contributed by atoms with van der Waals surface area (Å²) in [5, 5.41) is 9.76. The summed E-state index contributed by atoms with van der Waals surface area (Å²) < 4.78 is 5.16. The maximum Gasteiger partial charge on any atom is 0.104 e. The number of aryl methyl sites for hydroxylation is 2. The van der Waals surface area contributed by atoms with Crippen LogP contribution in [-0.2, 0) is 4.74 Å². The fourth-order valence-corrected chi connectivity index (χ4v) is 1.37. The van der Waals surface area contributed by atoms with Gasteiger partial charge in [0.15, 0.2) is 0 Å². The van der Waals surface area contributed by atoms with Gasteiger partial charge in [-0.05, 0) is 26.8 Å². The second-order valence-corrected chi connectivity index (χ2v) is 3.30. The van der Waals surface area contributed by atoms with E-state index in [1.165, 1.54) is 0 Å². The molecule has 0 saturated heterocycles. The Morgan fingerprint density at radius 3 is 2.71 bits per heavy atom. The molecule has 0 saturated carbocycles. The van der Waals surface area contributed by atoms with Gasteiger partial charge in [0.25, 0.3) is 0 Å². The van der Waals surface area contributed by atoms with Crippen LogP contribution in [-0.4, -0.2) is 23.3 Å². The van der Waals surface area contributed by atoms with Crippen molar-refractivity contribution in [1.29, 1.82) is 0 Å². The average Bonchev–Trinajstić information content (AvgIpc) is 2.14. The lowest BCUT2D eigenvalue weighted by atomic mass is 10.1. The summed E-state index contributed by atoms with van der Waals surface area (Å²) in [6, 6.07) is 3.80. The summed E-state index contributed by atoms with van der Waals surface area (Å²) in [7, 11) is 0. The second kappa shape index (κ2) is 5.08. The molecular formula is C11H17NO2. The monoisotopic (exact) mass is 195 g/mol. The molecule has 1 aromatic rings. The van der Waals surface area contributed by atoms with Crippen LogP contribution in [0.15, 0.2) is 12.1 Å². The molecule has 0 aliphatic rings. The van der Waals surface area contributed by atoms with E-state index in [0.29, 0.717) is 13.2 Å². The molecule has 0 fully saturated rings. The highest BCUT2D eigenvalue weighted by Gasteiger charge is 2.10. The first-order valence-corrected chi connectivity index (χ1v) is 4.85. The smallest absolute Gasteiger partial charge is 0.104 e. The predicted molar refractivity (Wildman–Crippen MR) is 55.2 cm³/mol. The van der Waals surface area contributed by atoms with Crippen LogP contribution in [0.4, 0.5) is 0 Å². The number of rotatable bonds is 4. The van der Waals surface area contributed by atoms with Crippen molar-refractivity contribution in [1.82, 2.24) is 4.98 Å². The van der Waals surface area contributed by atoms with Crippen molar-refractivity contribution in [2.75, 3.05) is 13.2 Å². The van der Waals surface area contributed by atoms with E-state index in [1.54, 1.807) is 0 Å². The summed E-state index contributed by atoms with van der Waals surface area (Å²) in [4.78, 5) is 4.29. The van der Waals surface area contributed by atoms with Crippen LogP contribution in [0.3, 0.4) is 0 Å². The van der Waals surface area contributed by atoms with Crippen LogP contribution in [0.1, 0.15) is 30.0 Å². The summed E-state index contributed by atoms with van der Waals surface area (Å²) in [5.41, 5.74) is 2.69. The molecule has 1 unspecified atom stereocenters. The van der Waals surface area contributed by atoms with Gasteiger partial charge in [-0.15, -0.1) is 0 Å². The van der Waals surface area contributed by atoms with Crippen LogP contribution in [0, 0.1) is 13.8 Å². The minimum absolute atomic E-state index is 0.335. The zero-order valence-electron chi connectivity index (χ0n) is 8.95. The fourth-order valence-electron chi connectivity index (χ4n) is 1.37. The molecular weight excluding hydrogens is 178 g/mol. The summed E-state index contributed by atoms with van der Waals surface area (Å²) >= 11 is 0. The molecule has 1 aromatic heterocycles. The molecule has 3 nitrogen and oxygen atoms in total. The molecule has 1 rings (SSSR count).